The van der Waals surface area contributed by atoms with Crippen molar-refractivity contribution in [1.82, 2.24) is 5.32 Å². The zero-order valence-corrected chi connectivity index (χ0v) is 7.86. The molecule has 0 aromatic rings. The molecule has 0 fully saturated rings. The monoisotopic (exact) mass is 199 g/mol. The molecule has 0 rings (SSSR count). The van der Waals surface area contributed by atoms with Crippen LogP contribution in [0.4, 0.5) is 13.2 Å². The Kier molecular flexibility index (Phi) is 5.32. The predicted octanol–water partition coefficient (Wildman–Crippen LogP) is 1.55. The Morgan fingerprint density at radius 3 is 2.23 bits per heavy atom. The molecule has 0 heterocycles. The molecule has 0 amide bonds. The van der Waals surface area contributed by atoms with Gasteiger partial charge in [0.1, 0.15) is 0 Å². The molecule has 0 aromatic heterocycles. The Morgan fingerprint density at radius 2 is 1.85 bits per heavy atom. The maximum atomic E-state index is 11.8. The lowest BCUT2D eigenvalue weighted by atomic mass is 10.1. The van der Waals surface area contributed by atoms with E-state index in [2.05, 4.69) is 5.32 Å². The topological polar surface area (TPSA) is 32.3 Å². The lowest BCUT2D eigenvalue weighted by Crippen LogP contribution is -2.34. The molecular weight excluding hydrogens is 183 g/mol. The summed E-state index contributed by atoms with van der Waals surface area (Å²) in [5.74, 6) is -0.00400. The standard InChI is InChI=1S/C8H16F3NO/c1-6(5-13)4-12-7(2)3-8(9,10)11/h6-7,12-13H,3-5H2,1-2H3. The average Bonchev–Trinajstić information content (AvgIpc) is 1.97. The summed E-state index contributed by atoms with van der Waals surface area (Å²) in [6.45, 7) is 3.66. The van der Waals surface area contributed by atoms with Gasteiger partial charge in [0, 0.05) is 19.2 Å². The van der Waals surface area contributed by atoms with Crippen LogP contribution in [-0.2, 0) is 0 Å². The second kappa shape index (κ2) is 5.44. The van der Waals surface area contributed by atoms with E-state index in [1.807, 2.05) is 0 Å². The number of aliphatic hydroxyl groups is 1. The van der Waals surface area contributed by atoms with Gasteiger partial charge >= 0.3 is 6.18 Å². The molecule has 80 valence electrons. The quantitative estimate of drug-likeness (QED) is 0.704. The van der Waals surface area contributed by atoms with Crippen LogP contribution in [0.3, 0.4) is 0 Å². The van der Waals surface area contributed by atoms with Gasteiger partial charge in [0.2, 0.25) is 0 Å². The number of rotatable bonds is 5. The fraction of sp³-hybridized carbons (Fsp3) is 1.00. The first-order valence-corrected chi connectivity index (χ1v) is 4.26. The number of hydrogen-bond donors (Lipinski definition) is 2. The van der Waals surface area contributed by atoms with E-state index < -0.39 is 18.6 Å². The molecular formula is C8H16F3NO. The highest BCUT2D eigenvalue weighted by Crippen LogP contribution is 2.21. The normalized spacial score (nSPS) is 17.1. The third-order valence-corrected chi connectivity index (χ3v) is 1.66. The molecule has 2 atom stereocenters. The highest BCUT2D eigenvalue weighted by atomic mass is 19.4. The lowest BCUT2D eigenvalue weighted by molar-refractivity contribution is -0.139. The van der Waals surface area contributed by atoms with Crippen molar-refractivity contribution in [2.45, 2.75) is 32.5 Å². The summed E-state index contributed by atoms with van der Waals surface area (Å²) >= 11 is 0. The molecule has 0 saturated heterocycles. The van der Waals surface area contributed by atoms with Crippen LogP contribution in [-0.4, -0.2) is 30.5 Å². The predicted molar refractivity (Wildman–Crippen MR) is 44.4 cm³/mol. The smallest absolute Gasteiger partial charge is 0.390 e. The molecule has 0 aliphatic rings. The Hall–Kier alpha value is -0.290. The average molecular weight is 199 g/mol. The van der Waals surface area contributed by atoms with Gasteiger partial charge in [0.25, 0.3) is 0 Å². The van der Waals surface area contributed by atoms with Gasteiger partial charge in [-0.25, -0.2) is 0 Å². The maximum absolute atomic E-state index is 11.8. The summed E-state index contributed by atoms with van der Waals surface area (Å²) in [6.07, 6.45) is -4.94. The number of halogens is 3. The Morgan fingerprint density at radius 1 is 1.31 bits per heavy atom. The minimum absolute atomic E-state index is 0.00400. The van der Waals surface area contributed by atoms with Crippen molar-refractivity contribution in [3.05, 3.63) is 0 Å². The Balaban J connectivity index is 3.57. The van der Waals surface area contributed by atoms with Gasteiger partial charge in [0.15, 0.2) is 0 Å². The van der Waals surface area contributed by atoms with E-state index in [0.29, 0.717) is 6.54 Å². The lowest BCUT2D eigenvalue weighted by Gasteiger charge is -2.17. The first-order chi connectivity index (χ1) is 5.85. The first-order valence-electron chi connectivity index (χ1n) is 4.26. The zero-order chi connectivity index (χ0) is 10.5. The summed E-state index contributed by atoms with van der Waals surface area (Å²) in [4.78, 5) is 0. The highest BCUT2D eigenvalue weighted by Gasteiger charge is 2.29. The number of aliphatic hydroxyl groups excluding tert-OH is 1. The fourth-order valence-electron chi connectivity index (χ4n) is 0.886. The molecule has 5 heteroatoms. The van der Waals surface area contributed by atoms with Crippen LogP contribution in [0.5, 0.6) is 0 Å². The molecule has 0 aliphatic carbocycles. The summed E-state index contributed by atoms with van der Waals surface area (Å²) in [6, 6.07) is -0.589. The Bertz CT molecular complexity index is 138. The first kappa shape index (κ1) is 12.7. The van der Waals surface area contributed by atoms with E-state index in [4.69, 9.17) is 5.11 Å². The third kappa shape index (κ3) is 8.05. The molecule has 0 aromatic carbocycles. The minimum atomic E-state index is -4.12. The van der Waals surface area contributed by atoms with E-state index >= 15 is 0 Å². The van der Waals surface area contributed by atoms with Crippen LogP contribution >= 0.6 is 0 Å². The molecule has 2 nitrogen and oxygen atoms in total. The number of alkyl halides is 3. The SMILES string of the molecule is CC(CO)CNC(C)CC(F)(F)F. The molecule has 2 unspecified atom stereocenters. The van der Waals surface area contributed by atoms with Gasteiger partial charge < -0.3 is 10.4 Å². The van der Waals surface area contributed by atoms with Crippen molar-refractivity contribution in [3.63, 3.8) is 0 Å². The van der Waals surface area contributed by atoms with Crippen molar-refractivity contribution >= 4 is 0 Å². The van der Waals surface area contributed by atoms with Crippen LogP contribution in [0.15, 0.2) is 0 Å². The van der Waals surface area contributed by atoms with Crippen LogP contribution < -0.4 is 5.32 Å². The van der Waals surface area contributed by atoms with Gasteiger partial charge in [0.05, 0.1) is 6.42 Å². The second-order valence-electron chi connectivity index (χ2n) is 3.42. The van der Waals surface area contributed by atoms with E-state index in [1.165, 1.54) is 6.92 Å². The second-order valence-corrected chi connectivity index (χ2v) is 3.42. The molecule has 0 aliphatic heterocycles. The van der Waals surface area contributed by atoms with Gasteiger partial charge in [-0.3, -0.25) is 0 Å². The Labute approximate surface area is 76.1 Å². The van der Waals surface area contributed by atoms with E-state index in [-0.39, 0.29) is 12.5 Å². The summed E-state index contributed by atoms with van der Waals surface area (Å²) in [7, 11) is 0. The van der Waals surface area contributed by atoms with Crippen molar-refractivity contribution in [2.75, 3.05) is 13.2 Å². The largest absolute Gasteiger partial charge is 0.396 e. The summed E-state index contributed by atoms with van der Waals surface area (Å²) in [5, 5.41) is 11.3. The molecule has 0 spiro atoms. The molecule has 13 heavy (non-hydrogen) atoms. The van der Waals surface area contributed by atoms with Gasteiger partial charge in [-0.05, 0) is 12.8 Å². The van der Waals surface area contributed by atoms with Crippen molar-refractivity contribution < 1.29 is 18.3 Å². The van der Waals surface area contributed by atoms with E-state index in [0.717, 1.165) is 0 Å². The van der Waals surface area contributed by atoms with Crippen molar-refractivity contribution in [2.24, 2.45) is 5.92 Å². The van der Waals surface area contributed by atoms with Crippen molar-refractivity contribution in [1.29, 1.82) is 0 Å². The van der Waals surface area contributed by atoms with Gasteiger partial charge in [-0.15, -0.1) is 0 Å². The molecule has 2 N–H and O–H groups in total. The molecule has 0 radical (unpaired) electrons. The zero-order valence-electron chi connectivity index (χ0n) is 7.86. The van der Waals surface area contributed by atoms with E-state index in [1.54, 1.807) is 6.92 Å². The fourth-order valence-corrected chi connectivity index (χ4v) is 0.886. The van der Waals surface area contributed by atoms with Crippen LogP contribution in [0, 0.1) is 5.92 Å². The number of hydrogen-bond acceptors (Lipinski definition) is 2. The van der Waals surface area contributed by atoms with E-state index in [9.17, 15) is 13.2 Å². The number of nitrogens with one attached hydrogen (secondary N) is 1. The maximum Gasteiger partial charge on any atom is 0.390 e. The highest BCUT2D eigenvalue weighted by molar-refractivity contribution is 4.67. The van der Waals surface area contributed by atoms with Crippen LogP contribution in [0.2, 0.25) is 0 Å². The van der Waals surface area contributed by atoms with Gasteiger partial charge in [-0.1, -0.05) is 6.92 Å². The van der Waals surface area contributed by atoms with Crippen molar-refractivity contribution in [3.8, 4) is 0 Å². The molecule has 0 bridgehead atoms. The summed E-state index contributed by atoms with van der Waals surface area (Å²) in [5.41, 5.74) is 0. The van der Waals surface area contributed by atoms with Crippen LogP contribution in [0.25, 0.3) is 0 Å². The van der Waals surface area contributed by atoms with Crippen LogP contribution in [0.1, 0.15) is 20.3 Å². The summed E-state index contributed by atoms with van der Waals surface area (Å²) < 4.78 is 35.5. The third-order valence-electron chi connectivity index (χ3n) is 1.66. The van der Waals surface area contributed by atoms with Gasteiger partial charge in [-0.2, -0.15) is 13.2 Å². The molecule has 0 saturated carbocycles. The minimum Gasteiger partial charge on any atom is -0.396 e.